The van der Waals surface area contributed by atoms with E-state index in [1.807, 2.05) is 55.3 Å². The summed E-state index contributed by atoms with van der Waals surface area (Å²) < 4.78 is 13.3. The standard InChI is InChI=1S/C20H20FN3O/c1-14(24(2)13-15-6-3-7-16(21)12-15)20(25)23-19-10-4-9-18-17(19)8-5-11-22-18/h3-12,14H,13H2,1-2H3,(H,23,25). The van der Waals surface area contributed by atoms with Gasteiger partial charge in [0, 0.05) is 18.1 Å². The minimum absolute atomic E-state index is 0.116. The highest BCUT2D eigenvalue weighted by atomic mass is 19.1. The van der Waals surface area contributed by atoms with Gasteiger partial charge in [0.25, 0.3) is 0 Å². The molecule has 1 atom stereocenters. The molecule has 128 valence electrons. The lowest BCUT2D eigenvalue weighted by Gasteiger charge is -2.24. The Kier molecular flexibility index (Phi) is 5.05. The van der Waals surface area contributed by atoms with Crippen molar-refractivity contribution in [2.45, 2.75) is 19.5 Å². The van der Waals surface area contributed by atoms with E-state index >= 15 is 0 Å². The molecule has 0 radical (unpaired) electrons. The number of hydrogen-bond acceptors (Lipinski definition) is 3. The smallest absolute Gasteiger partial charge is 0.241 e. The maximum absolute atomic E-state index is 13.3. The fourth-order valence-corrected chi connectivity index (χ4v) is 2.71. The number of nitrogens with zero attached hydrogens (tertiary/aromatic N) is 2. The molecule has 1 unspecified atom stereocenters. The van der Waals surface area contributed by atoms with Gasteiger partial charge in [-0.1, -0.05) is 18.2 Å². The van der Waals surface area contributed by atoms with Gasteiger partial charge in [0.15, 0.2) is 0 Å². The number of aromatic nitrogens is 1. The number of halogens is 1. The predicted octanol–water partition coefficient (Wildman–Crippen LogP) is 3.83. The van der Waals surface area contributed by atoms with Gasteiger partial charge in [0.2, 0.25) is 5.91 Å². The second-order valence-corrected chi connectivity index (χ2v) is 6.09. The van der Waals surface area contributed by atoms with Gasteiger partial charge in [-0.05, 0) is 55.9 Å². The Hall–Kier alpha value is -2.79. The SMILES string of the molecule is CC(C(=O)Nc1cccc2ncccc12)N(C)Cc1cccc(F)c1. The fourth-order valence-electron chi connectivity index (χ4n) is 2.71. The van der Waals surface area contributed by atoms with Crippen molar-refractivity contribution in [2.24, 2.45) is 0 Å². The Morgan fingerprint density at radius 2 is 2.00 bits per heavy atom. The van der Waals surface area contributed by atoms with E-state index in [1.54, 1.807) is 12.3 Å². The summed E-state index contributed by atoms with van der Waals surface area (Å²) in [6, 6.07) is 15.5. The molecule has 2 aromatic carbocycles. The fraction of sp³-hybridized carbons (Fsp3) is 0.200. The molecule has 1 heterocycles. The molecule has 0 bridgehead atoms. The van der Waals surface area contributed by atoms with Gasteiger partial charge in [-0.15, -0.1) is 0 Å². The lowest BCUT2D eigenvalue weighted by atomic mass is 10.1. The molecule has 1 aromatic heterocycles. The molecular weight excluding hydrogens is 317 g/mol. The average Bonchev–Trinajstić information content (AvgIpc) is 2.61. The molecule has 0 aliphatic heterocycles. The first-order valence-electron chi connectivity index (χ1n) is 8.14. The number of carbonyl (C=O) groups is 1. The number of anilines is 1. The highest BCUT2D eigenvalue weighted by molar-refractivity contribution is 6.02. The Balaban J connectivity index is 1.71. The van der Waals surface area contributed by atoms with E-state index in [0.29, 0.717) is 6.54 Å². The van der Waals surface area contributed by atoms with Crippen LogP contribution in [0.3, 0.4) is 0 Å². The van der Waals surface area contributed by atoms with Gasteiger partial charge >= 0.3 is 0 Å². The van der Waals surface area contributed by atoms with Crippen LogP contribution in [0.15, 0.2) is 60.8 Å². The highest BCUT2D eigenvalue weighted by Crippen LogP contribution is 2.21. The molecule has 4 nitrogen and oxygen atoms in total. The largest absolute Gasteiger partial charge is 0.324 e. The van der Waals surface area contributed by atoms with Crippen LogP contribution in [0, 0.1) is 5.82 Å². The number of likely N-dealkylation sites (N-methyl/N-ethyl adjacent to an activating group) is 1. The molecule has 0 fully saturated rings. The third-order valence-electron chi connectivity index (χ3n) is 4.27. The number of hydrogen-bond donors (Lipinski definition) is 1. The summed E-state index contributed by atoms with van der Waals surface area (Å²) in [5, 5.41) is 3.87. The van der Waals surface area contributed by atoms with Crippen LogP contribution in [0.4, 0.5) is 10.1 Å². The first-order valence-corrected chi connectivity index (χ1v) is 8.14. The maximum Gasteiger partial charge on any atom is 0.241 e. The van der Waals surface area contributed by atoms with Crippen LogP contribution in [0.1, 0.15) is 12.5 Å². The van der Waals surface area contributed by atoms with E-state index in [2.05, 4.69) is 10.3 Å². The van der Waals surface area contributed by atoms with Crippen LogP contribution in [0.2, 0.25) is 0 Å². The van der Waals surface area contributed by atoms with Crippen LogP contribution in [-0.2, 0) is 11.3 Å². The molecule has 0 aliphatic carbocycles. The number of amides is 1. The molecule has 5 heteroatoms. The third kappa shape index (κ3) is 4.00. The summed E-state index contributed by atoms with van der Waals surface area (Å²) in [6.45, 7) is 2.32. The quantitative estimate of drug-likeness (QED) is 0.769. The van der Waals surface area contributed by atoms with Crippen molar-refractivity contribution in [3.8, 4) is 0 Å². The van der Waals surface area contributed by atoms with Gasteiger partial charge in [0.1, 0.15) is 5.82 Å². The molecule has 1 amide bonds. The first-order chi connectivity index (χ1) is 12.0. The zero-order valence-electron chi connectivity index (χ0n) is 14.2. The van der Waals surface area contributed by atoms with Crippen LogP contribution in [0.5, 0.6) is 0 Å². The Bertz CT molecular complexity index is 892. The summed E-state index contributed by atoms with van der Waals surface area (Å²) in [4.78, 5) is 18.8. The van der Waals surface area contributed by atoms with Crippen LogP contribution in [-0.4, -0.2) is 28.9 Å². The zero-order chi connectivity index (χ0) is 17.8. The number of nitrogens with one attached hydrogen (secondary N) is 1. The molecule has 3 aromatic rings. The van der Waals surface area contributed by atoms with Crippen LogP contribution >= 0.6 is 0 Å². The Labute approximate surface area is 146 Å². The predicted molar refractivity (Wildman–Crippen MR) is 97.7 cm³/mol. The average molecular weight is 337 g/mol. The highest BCUT2D eigenvalue weighted by Gasteiger charge is 2.19. The van der Waals surface area contributed by atoms with Crippen molar-refractivity contribution < 1.29 is 9.18 Å². The van der Waals surface area contributed by atoms with E-state index in [-0.39, 0.29) is 17.8 Å². The van der Waals surface area contributed by atoms with Gasteiger partial charge < -0.3 is 5.32 Å². The van der Waals surface area contributed by atoms with Crippen molar-refractivity contribution in [3.63, 3.8) is 0 Å². The van der Waals surface area contributed by atoms with Gasteiger partial charge in [-0.3, -0.25) is 14.7 Å². The molecule has 25 heavy (non-hydrogen) atoms. The van der Waals surface area contributed by atoms with Crippen molar-refractivity contribution in [3.05, 3.63) is 72.2 Å². The molecule has 0 aliphatic rings. The molecule has 0 spiro atoms. The van der Waals surface area contributed by atoms with Crippen molar-refractivity contribution in [2.75, 3.05) is 12.4 Å². The topological polar surface area (TPSA) is 45.2 Å². The lowest BCUT2D eigenvalue weighted by Crippen LogP contribution is -2.39. The van der Waals surface area contributed by atoms with Crippen molar-refractivity contribution >= 4 is 22.5 Å². The number of benzene rings is 2. The normalized spacial score (nSPS) is 12.3. The number of carbonyl (C=O) groups excluding carboxylic acids is 1. The second-order valence-electron chi connectivity index (χ2n) is 6.09. The zero-order valence-corrected chi connectivity index (χ0v) is 14.2. The molecule has 1 N–H and O–H groups in total. The summed E-state index contributed by atoms with van der Waals surface area (Å²) >= 11 is 0. The molecule has 0 saturated carbocycles. The lowest BCUT2D eigenvalue weighted by molar-refractivity contribution is -0.120. The van der Waals surface area contributed by atoms with E-state index < -0.39 is 0 Å². The second kappa shape index (κ2) is 7.40. The summed E-state index contributed by atoms with van der Waals surface area (Å²) in [5.74, 6) is -0.387. The van der Waals surface area contributed by atoms with Crippen molar-refractivity contribution in [1.82, 2.24) is 9.88 Å². The van der Waals surface area contributed by atoms with Crippen molar-refractivity contribution in [1.29, 1.82) is 0 Å². The number of rotatable bonds is 5. The van der Waals surface area contributed by atoms with E-state index in [1.165, 1.54) is 12.1 Å². The van der Waals surface area contributed by atoms with E-state index in [4.69, 9.17) is 0 Å². The number of pyridine rings is 1. The molecule has 3 rings (SSSR count). The summed E-state index contributed by atoms with van der Waals surface area (Å²) in [5.41, 5.74) is 2.40. The van der Waals surface area contributed by atoms with E-state index in [9.17, 15) is 9.18 Å². The van der Waals surface area contributed by atoms with Crippen LogP contribution < -0.4 is 5.32 Å². The van der Waals surface area contributed by atoms with Gasteiger partial charge in [-0.2, -0.15) is 0 Å². The van der Waals surface area contributed by atoms with Crippen LogP contribution in [0.25, 0.3) is 10.9 Å². The molecule has 0 saturated heterocycles. The first kappa shape index (κ1) is 17.0. The minimum atomic E-state index is -0.366. The van der Waals surface area contributed by atoms with E-state index in [0.717, 1.165) is 22.2 Å². The maximum atomic E-state index is 13.3. The molecular formula is C20H20FN3O. The number of fused-ring (bicyclic) bond motifs is 1. The summed E-state index contributed by atoms with van der Waals surface area (Å²) in [6.07, 6.45) is 1.73. The Morgan fingerprint density at radius 1 is 1.20 bits per heavy atom. The third-order valence-corrected chi connectivity index (χ3v) is 4.27. The minimum Gasteiger partial charge on any atom is -0.324 e. The van der Waals surface area contributed by atoms with Gasteiger partial charge in [-0.25, -0.2) is 4.39 Å². The van der Waals surface area contributed by atoms with Gasteiger partial charge in [0.05, 0.1) is 17.2 Å². The monoisotopic (exact) mass is 337 g/mol. The Morgan fingerprint density at radius 3 is 2.80 bits per heavy atom. The summed E-state index contributed by atoms with van der Waals surface area (Å²) in [7, 11) is 1.85.